The molecule has 0 aliphatic heterocycles. The third-order valence-electron chi connectivity index (χ3n) is 5.16. The molecule has 0 unspecified atom stereocenters. The Morgan fingerprint density at radius 3 is 2.72 bits per heavy atom. The molecule has 1 aromatic carbocycles. The molecule has 5 aromatic rings. The van der Waals surface area contributed by atoms with Gasteiger partial charge in [-0.2, -0.15) is 15.3 Å². The molecule has 0 atom stereocenters. The van der Waals surface area contributed by atoms with Crippen molar-refractivity contribution in [2.75, 3.05) is 0 Å². The van der Waals surface area contributed by atoms with E-state index in [1.54, 1.807) is 25.5 Å². The highest BCUT2D eigenvalue weighted by Gasteiger charge is 2.22. The Labute approximate surface area is 182 Å². The van der Waals surface area contributed by atoms with Gasteiger partial charge in [-0.15, -0.1) is 5.10 Å². The number of carbonyl (C=O) groups is 1. The van der Waals surface area contributed by atoms with Gasteiger partial charge >= 0.3 is 0 Å². The number of hydrogen-bond acceptors (Lipinski definition) is 6. The number of pyridine rings is 1. The van der Waals surface area contributed by atoms with E-state index < -0.39 is 5.82 Å². The number of aromatic nitrogens is 7. The van der Waals surface area contributed by atoms with Gasteiger partial charge in [-0.25, -0.2) is 13.9 Å². The summed E-state index contributed by atoms with van der Waals surface area (Å²) < 4.78 is 17.7. The van der Waals surface area contributed by atoms with Crippen LogP contribution in [0.2, 0.25) is 0 Å². The van der Waals surface area contributed by atoms with Crippen molar-refractivity contribution >= 4 is 11.4 Å². The molecule has 9 heteroatoms. The van der Waals surface area contributed by atoms with Gasteiger partial charge in [0.25, 0.3) is 0 Å². The van der Waals surface area contributed by atoms with Gasteiger partial charge in [-0.1, -0.05) is 30.3 Å². The average molecular weight is 427 g/mol. The number of halogens is 1. The zero-order valence-corrected chi connectivity index (χ0v) is 17.4. The standard InChI is InChI=1S/C23H18FN7O/c1-14-8-19(28-25-11-14)17-12-26-30(2)22(17)20(32)9-16-10-21-27-23(15-6-4-3-5-7-15)29-31(21)13-18(16)24/h3-8,10-13H,9H2,1-2H3. The predicted molar refractivity (Wildman–Crippen MR) is 115 cm³/mol. The number of carbonyl (C=O) groups excluding carboxylic acids is 1. The molecule has 158 valence electrons. The number of benzene rings is 1. The van der Waals surface area contributed by atoms with Gasteiger partial charge in [0.15, 0.2) is 17.3 Å². The van der Waals surface area contributed by atoms with Crippen LogP contribution in [0.4, 0.5) is 4.39 Å². The SMILES string of the molecule is Cc1cnnc(-c2cnn(C)c2C(=O)Cc2cc3nc(-c4ccccc4)nn3cc2F)c1. The molecular formula is C23H18FN7O. The molecule has 0 saturated carbocycles. The maximum atomic E-state index is 14.8. The summed E-state index contributed by atoms with van der Waals surface area (Å²) in [5, 5.41) is 16.6. The summed E-state index contributed by atoms with van der Waals surface area (Å²) in [5.74, 6) is -0.329. The lowest BCUT2D eigenvalue weighted by Gasteiger charge is -2.07. The Hall–Kier alpha value is -4.27. The molecule has 4 aromatic heterocycles. The number of hydrogen-bond donors (Lipinski definition) is 0. The number of fused-ring (bicyclic) bond motifs is 1. The molecule has 0 aliphatic rings. The first-order valence-electron chi connectivity index (χ1n) is 9.95. The van der Waals surface area contributed by atoms with Crippen LogP contribution < -0.4 is 0 Å². The summed E-state index contributed by atoms with van der Waals surface area (Å²) in [7, 11) is 1.67. The average Bonchev–Trinajstić information content (AvgIpc) is 3.38. The third-order valence-corrected chi connectivity index (χ3v) is 5.16. The van der Waals surface area contributed by atoms with Gasteiger partial charge in [0.1, 0.15) is 11.5 Å². The first kappa shape index (κ1) is 19.7. The van der Waals surface area contributed by atoms with Gasteiger partial charge in [0, 0.05) is 24.6 Å². The van der Waals surface area contributed by atoms with Gasteiger partial charge in [0.05, 0.1) is 29.8 Å². The predicted octanol–water partition coefficient (Wildman–Crippen LogP) is 3.46. The third kappa shape index (κ3) is 3.53. The second-order valence-corrected chi connectivity index (χ2v) is 7.50. The number of ketones is 1. The second kappa shape index (κ2) is 7.77. The van der Waals surface area contributed by atoms with E-state index in [1.165, 1.54) is 15.4 Å². The Morgan fingerprint density at radius 1 is 1.12 bits per heavy atom. The van der Waals surface area contributed by atoms with Crippen molar-refractivity contribution in [3.63, 3.8) is 0 Å². The molecule has 4 heterocycles. The van der Waals surface area contributed by atoms with E-state index in [1.807, 2.05) is 43.3 Å². The zero-order chi connectivity index (χ0) is 22.2. The van der Waals surface area contributed by atoms with Crippen LogP contribution in [0.1, 0.15) is 21.6 Å². The minimum Gasteiger partial charge on any atom is -0.292 e. The van der Waals surface area contributed by atoms with E-state index in [4.69, 9.17) is 0 Å². The molecule has 0 spiro atoms. The molecule has 0 bridgehead atoms. The van der Waals surface area contributed by atoms with E-state index >= 15 is 0 Å². The summed E-state index contributed by atoms with van der Waals surface area (Å²) in [5.41, 5.74) is 3.88. The summed E-state index contributed by atoms with van der Waals surface area (Å²) in [6, 6.07) is 12.8. The molecule has 0 radical (unpaired) electrons. The first-order valence-corrected chi connectivity index (χ1v) is 9.95. The molecule has 0 saturated heterocycles. The van der Waals surface area contributed by atoms with Crippen LogP contribution in [-0.4, -0.2) is 40.4 Å². The lowest BCUT2D eigenvalue weighted by Crippen LogP contribution is -2.12. The van der Waals surface area contributed by atoms with Crippen LogP contribution in [0.5, 0.6) is 0 Å². The molecule has 8 nitrogen and oxygen atoms in total. The molecule has 32 heavy (non-hydrogen) atoms. The maximum Gasteiger partial charge on any atom is 0.186 e. The van der Waals surface area contributed by atoms with Crippen molar-refractivity contribution in [2.24, 2.45) is 7.05 Å². The summed E-state index contributed by atoms with van der Waals surface area (Å²) in [6.07, 6.45) is 4.30. The number of rotatable bonds is 5. The van der Waals surface area contributed by atoms with E-state index in [9.17, 15) is 9.18 Å². The van der Waals surface area contributed by atoms with Crippen molar-refractivity contribution in [1.29, 1.82) is 0 Å². The lowest BCUT2D eigenvalue weighted by atomic mass is 10.0. The van der Waals surface area contributed by atoms with Gasteiger partial charge < -0.3 is 0 Å². The smallest absolute Gasteiger partial charge is 0.186 e. The molecule has 0 N–H and O–H groups in total. The molecular weight excluding hydrogens is 409 g/mol. The fourth-order valence-corrected chi connectivity index (χ4v) is 3.60. The van der Waals surface area contributed by atoms with Crippen LogP contribution in [0.15, 0.2) is 61.1 Å². The Bertz CT molecular complexity index is 1460. The van der Waals surface area contributed by atoms with Crippen LogP contribution in [0.25, 0.3) is 28.3 Å². The molecule has 5 rings (SSSR count). The highest BCUT2D eigenvalue weighted by molar-refractivity contribution is 6.01. The maximum absolute atomic E-state index is 14.8. The van der Waals surface area contributed by atoms with Crippen molar-refractivity contribution < 1.29 is 9.18 Å². The first-order chi connectivity index (χ1) is 15.5. The minimum absolute atomic E-state index is 0.151. The molecule has 0 aliphatic carbocycles. The van der Waals surface area contributed by atoms with Crippen LogP contribution >= 0.6 is 0 Å². The molecule has 0 amide bonds. The normalized spacial score (nSPS) is 11.2. The Balaban J connectivity index is 1.49. The number of aryl methyl sites for hydroxylation is 2. The van der Waals surface area contributed by atoms with E-state index in [2.05, 4.69) is 25.4 Å². The number of Topliss-reactive ketones (excluding diaryl/α,β-unsaturated/α-hetero) is 1. The van der Waals surface area contributed by atoms with E-state index in [-0.39, 0.29) is 17.8 Å². The Morgan fingerprint density at radius 2 is 1.94 bits per heavy atom. The van der Waals surface area contributed by atoms with Crippen molar-refractivity contribution in [2.45, 2.75) is 13.3 Å². The van der Waals surface area contributed by atoms with Crippen LogP contribution in [-0.2, 0) is 13.5 Å². The zero-order valence-electron chi connectivity index (χ0n) is 17.4. The fraction of sp³-hybridized carbons (Fsp3) is 0.130. The summed E-state index contributed by atoms with van der Waals surface area (Å²) in [4.78, 5) is 17.7. The van der Waals surface area contributed by atoms with Gasteiger partial charge in [-0.3, -0.25) is 9.48 Å². The summed E-state index contributed by atoms with van der Waals surface area (Å²) in [6.45, 7) is 1.89. The van der Waals surface area contributed by atoms with E-state index in [0.717, 1.165) is 11.1 Å². The van der Waals surface area contributed by atoms with Crippen molar-refractivity contribution in [3.8, 4) is 22.6 Å². The van der Waals surface area contributed by atoms with Crippen molar-refractivity contribution in [3.05, 3.63) is 83.7 Å². The quantitative estimate of drug-likeness (QED) is 0.399. The second-order valence-electron chi connectivity index (χ2n) is 7.50. The van der Waals surface area contributed by atoms with Gasteiger partial charge in [-0.05, 0) is 24.6 Å². The van der Waals surface area contributed by atoms with E-state index in [0.29, 0.717) is 28.4 Å². The van der Waals surface area contributed by atoms with Crippen molar-refractivity contribution in [1.82, 2.24) is 34.6 Å². The Kier molecular flexibility index (Phi) is 4.78. The molecule has 0 fully saturated rings. The highest BCUT2D eigenvalue weighted by atomic mass is 19.1. The lowest BCUT2D eigenvalue weighted by molar-refractivity contribution is 0.0983. The topological polar surface area (TPSA) is 90.9 Å². The summed E-state index contributed by atoms with van der Waals surface area (Å²) >= 11 is 0. The largest absolute Gasteiger partial charge is 0.292 e. The fourth-order valence-electron chi connectivity index (χ4n) is 3.60. The number of nitrogens with zero attached hydrogens (tertiary/aromatic N) is 7. The minimum atomic E-state index is -0.533. The van der Waals surface area contributed by atoms with Crippen LogP contribution in [0, 0.1) is 12.7 Å². The monoisotopic (exact) mass is 427 g/mol. The highest BCUT2D eigenvalue weighted by Crippen LogP contribution is 2.24. The van der Waals surface area contributed by atoms with Crippen LogP contribution in [0.3, 0.4) is 0 Å². The van der Waals surface area contributed by atoms with Gasteiger partial charge in [0.2, 0.25) is 0 Å².